The number of esters is 1. The van der Waals surface area contributed by atoms with Crippen LogP contribution in [0, 0.1) is 5.92 Å². The highest BCUT2D eigenvalue weighted by Gasteiger charge is 2.22. The third-order valence-corrected chi connectivity index (χ3v) is 4.34. The van der Waals surface area contributed by atoms with Gasteiger partial charge in [0, 0.05) is 17.1 Å². The molecule has 5 heteroatoms. The number of rotatable bonds is 5. The minimum absolute atomic E-state index is 0.194. The van der Waals surface area contributed by atoms with E-state index >= 15 is 0 Å². The Morgan fingerprint density at radius 2 is 1.96 bits per heavy atom. The summed E-state index contributed by atoms with van der Waals surface area (Å²) in [6.45, 7) is 1.90. The molecule has 23 heavy (non-hydrogen) atoms. The Morgan fingerprint density at radius 3 is 2.65 bits per heavy atom. The van der Waals surface area contributed by atoms with Crippen molar-refractivity contribution >= 4 is 29.6 Å². The van der Waals surface area contributed by atoms with Gasteiger partial charge in [-0.05, 0) is 42.5 Å². The van der Waals surface area contributed by atoms with Gasteiger partial charge in [0.2, 0.25) is 0 Å². The highest BCUT2D eigenvalue weighted by Crippen LogP contribution is 2.23. The molecule has 0 radical (unpaired) electrons. The fourth-order valence-corrected chi connectivity index (χ4v) is 2.83. The highest BCUT2D eigenvalue weighted by molar-refractivity contribution is 6.30. The average molecular weight is 336 g/mol. The monoisotopic (exact) mass is 335 g/mol. The fourth-order valence-electron chi connectivity index (χ4n) is 2.70. The summed E-state index contributed by atoms with van der Waals surface area (Å²) in [4.78, 5) is 23.5. The third-order valence-electron chi connectivity index (χ3n) is 4.09. The first-order valence-corrected chi connectivity index (χ1v) is 8.32. The maximum absolute atomic E-state index is 11.8. The molecule has 1 amide bonds. The van der Waals surface area contributed by atoms with Gasteiger partial charge in [0.25, 0.3) is 5.91 Å². The maximum Gasteiger partial charge on any atom is 0.331 e. The molecule has 124 valence electrons. The van der Waals surface area contributed by atoms with Crippen molar-refractivity contribution in [3.8, 4) is 0 Å². The molecule has 1 aromatic carbocycles. The first-order valence-electron chi connectivity index (χ1n) is 7.94. The number of hydrogen-bond acceptors (Lipinski definition) is 3. The summed E-state index contributed by atoms with van der Waals surface area (Å²) in [5, 5.41) is 3.59. The minimum atomic E-state index is -0.535. The molecule has 1 aromatic rings. The Morgan fingerprint density at radius 1 is 1.26 bits per heavy atom. The van der Waals surface area contributed by atoms with Crippen molar-refractivity contribution in [1.82, 2.24) is 5.32 Å². The van der Waals surface area contributed by atoms with Crippen LogP contribution in [-0.4, -0.2) is 24.5 Å². The van der Waals surface area contributed by atoms with Crippen LogP contribution in [0.15, 0.2) is 30.3 Å². The van der Waals surface area contributed by atoms with E-state index < -0.39 is 5.97 Å². The molecule has 1 fully saturated rings. The molecule has 0 heterocycles. The summed E-state index contributed by atoms with van der Waals surface area (Å²) in [7, 11) is 0. The lowest BCUT2D eigenvalue weighted by Gasteiger charge is -2.29. The number of carbonyl (C=O) groups is 2. The Hall–Kier alpha value is -1.81. The van der Waals surface area contributed by atoms with Gasteiger partial charge in [0.1, 0.15) is 0 Å². The van der Waals surface area contributed by atoms with Gasteiger partial charge < -0.3 is 10.1 Å². The summed E-state index contributed by atoms with van der Waals surface area (Å²) in [6.07, 6.45) is 7.42. The topological polar surface area (TPSA) is 55.4 Å². The first kappa shape index (κ1) is 17.5. The number of hydrogen-bond donors (Lipinski definition) is 1. The second-order valence-corrected chi connectivity index (χ2v) is 6.36. The number of benzene rings is 1. The fraction of sp³-hybridized carbons (Fsp3) is 0.444. The summed E-state index contributed by atoms with van der Waals surface area (Å²) in [5.74, 6) is -0.294. The van der Waals surface area contributed by atoms with Gasteiger partial charge in [-0.1, -0.05) is 43.5 Å². The van der Waals surface area contributed by atoms with Gasteiger partial charge >= 0.3 is 5.97 Å². The van der Waals surface area contributed by atoms with Crippen molar-refractivity contribution in [2.75, 3.05) is 6.61 Å². The molecule has 1 aliphatic carbocycles. The largest absolute Gasteiger partial charge is 0.452 e. The molecule has 0 spiro atoms. The van der Waals surface area contributed by atoms with E-state index in [4.69, 9.17) is 16.3 Å². The molecule has 1 N–H and O–H groups in total. The van der Waals surface area contributed by atoms with Crippen LogP contribution in [0.1, 0.15) is 38.2 Å². The predicted molar refractivity (Wildman–Crippen MR) is 91.0 cm³/mol. The van der Waals surface area contributed by atoms with Crippen molar-refractivity contribution in [1.29, 1.82) is 0 Å². The van der Waals surface area contributed by atoms with Crippen molar-refractivity contribution in [3.63, 3.8) is 0 Å². The Kier molecular flexibility index (Phi) is 6.66. The van der Waals surface area contributed by atoms with Gasteiger partial charge in [-0.25, -0.2) is 4.79 Å². The number of carbonyl (C=O) groups excluding carboxylic acids is 2. The van der Waals surface area contributed by atoms with E-state index in [0.717, 1.165) is 24.8 Å². The van der Waals surface area contributed by atoms with Crippen LogP contribution in [0.25, 0.3) is 6.08 Å². The standard InChI is InChI=1S/C18H22ClNO3/c1-13-4-2-3-5-16(13)20-17(21)12-23-18(22)11-8-14-6-9-15(19)10-7-14/h6-11,13,16H,2-5,12H2,1H3,(H,20,21)/b11-8+/t13-,16+/m1/s1. The van der Waals surface area contributed by atoms with E-state index in [0.29, 0.717) is 10.9 Å². The van der Waals surface area contributed by atoms with E-state index in [1.165, 1.54) is 12.5 Å². The van der Waals surface area contributed by atoms with Crippen LogP contribution in [0.2, 0.25) is 5.02 Å². The van der Waals surface area contributed by atoms with Crippen LogP contribution in [0.5, 0.6) is 0 Å². The molecule has 0 unspecified atom stereocenters. The summed E-state index contributed by atoms with van der Waals surface area (Å²) in [5.41, 5.74) is 0.840. The summed E-state index contributed by atoms with van der Waals surface area (Å²) >= 11 is 5.79. The predicted octanol–water partition coefficient (Wildman–Crippen LogP) is 3.59. The van der Waals surface area contributed by atoms with E-state index in [2.05, 4.69) is 12.2 Å². The molecule has 2 rings (SSSR count). The molecule has 2 atom stereocenters. The molecule has 4 nitrogen and oxygen atoms in total. The van der Waals surface area contributed by atoms with Crippen molar-refractivity contribution < 1.29 is 14.3 Å². The number of nitrogens with one attached hydrogen (secondary N) is 1. The van der Waals surface area contributed by atoms with Crippen LogP contribution >= 0.6 is 11.6 Å². The number of ether oxygens (including phenoxy) is 1. The summed E-state index contributed by atoms with van der Waals surface area (Å²) in [6, 6.07) is 7.27. The van der Waals surface area contributed by atoms with Crippen molar-refractivity contribution in [2.24, 2.45) is 5.92 Å². The lowest BCUT2D eigenvalue weighted by molar-refractivity contribution is -0.144. The van der Waals surface area contributed by atoms with Gasteiger partial charge in [-0.3, -0.25) is 4.79 Å². The SMILES string of the molecule is C[C@@H]1CCCC[C@@H]1NC(=O)COC(=O)/C=C/c1ccc(Cl)cc1. The zero-order valence-electron chi connectivity index (χ0n) is 13.3. The quantitative estimate of drug-likeness (QED) is 0.661. The maximum atomic E-state index is 11.8. The summed E-state index contributed by atoms with van der Waals surface area (Å²) < 4.78 is 4.96. The zero-order valence-corrected chi connectivity index (χ0v) is 14.0. The lowest BCUT2D eigenvalue weighted by Crippen LogP contribution is -2.42. The van der Waals surface area contributed by atoms with Gasteiger partial charge in [0.15, 0.2) is 6.61 Å². The van der Waals surface area contributed by atoms with Gasteiger partial charge in [-0.15, -0.1) is 0 Å². The van der Waals surface area contributed by atoms with Crippen molar-refractivity contribution in [3.05, 3.63) is 40.9 Å². The van der Waals surface area contributed by atoms with Gasteiger partial charge in [-0.2, -0.15) is 0 Å². The minimum Gasteiger partial charge on any atom is -0.452 e. The first-order chi connectivity index (χ1) is 11.0. The van der Waals surface area contributed by atoms with Crippen LogP contribution in [0.3, 0.4) is 0 Å². The van der Waals surface area contributed by atoms with E-state index in [-0.39, 0.29) is 18.6 Å². The second kappa shape index (κ2) is 8.73. The van der Waals surface area contributed by atoms with E-state index in [1.54, 1.807) is 30.3 Å². The van der Waals surface area contributed by atoms with Crippen LogP contribution < -0.4 is 5.32 Å². The molecule has 0 aliphatic heterocycles. The molecule has 1 saturated carbocycles. The second-order valence-electron chi connectivity index (χ2n) is 5.93. The van der Waals surface area contributed by atoms with Crippen LogP contribution in [-0.2, 0) is 14.3 Å². The molecule has 0 aromatic heterocycles. The smallest absolute Gasteiger partial charge is 0.331 e. The average Bonchev–Trinajstić information content (AvgIpc) is 2.54. The van der Waals surface area contributed by atoms with Crippen molar-refractivity contribution in [2.45, 2.75) is 38.6 Å². The van der Waals surface area contributed by atoms with Gasteiger partial charge in [0.05, 0.1) is 0 Å². The molecule has 0 saturated heterocycles. The normalized spacial score (nSPS) is 21.1. The Balaban J connectivity index is 1.73. The highest BCUT2D eigenvalue weighted by atomic mass is 35.5. The molecular formula is C18H22ClNO3. The lowest BCUT2D eigenvalue weighted by atomic mass is 9.86. The molecule has 1 aliphatic rings. The number of amides is 1. The third kappa shape index (κ3) is 6.06. The van der Waals surface area contributed by atoms with E-state index in [9.17, 15) is 9.59 Å². The zero-order chi connectivity index (χ0) is 16.7. The molecule has 0 bridgehead atoms. The van der Waals surface area contributed by atoms with E-state index in [1.807, 2.05) is 0 Å². The van der Waals surface area contributed by atoms with Crippen LogP contribution in [0.4, 0.5) is 0 Å². The molecular weight excluding hydrogens is 314 g/mol. The number of halogens is 1. The Bertz CT molecular complexity index is 568. The Labute approximate surface area is 141 Å².